The molecule has 2 aliphatic rings. The highest BCUT2D eigenvalue weighted by atomic mass is 32.2. The highest BCUT2D eigenvalue weighted by Gasteiger charge is 2.26. The molecule has 160 valence electrons. The molecule has 1 N–H and O–H groups in total. The highest BCUT2D eigenvalue weighted by molar-refractivity contribution is 7.89. The monoisotopic (exact) mass is 423 g/mol. The minimum atomic E-state index is -3.58. The van der Waals surface area contributed by atoms with E-state index >= 15 is 0 Å². The van der Waals surface area contributed by atoms with Gasteiger partial charge in [0.15, 0.2) is 0 Å². The summed E-state index contributed by atoms with van der Waals surface area (Å²) in [7, 11) is -3.58. The third-order valence-electron chi connectivity index (χ3n) is 5.36. The Morgan fingerprint density at radius 3 is 2.48 bits per heavy atom. The van der Waals surface area contributed by atoms with E-state index in [2.05, 4.69) is 12.2 Å². The normalized spacial score (nSPS) is 21.0. The van der Waals surface area contributed by atoms with E-state index in [1.165, 1.54) is 28.6 Å². The van der Waals surface area contributed by atoms with Crippen LogP contribution in [0.3, 0.4) is 0 Å². The number of hydrogen-bond donors (Lipinski definition) is 1. The van der Waals surface area contributed by atoms with Crippen molar-refractivity contribution in [2.45, 2.75) is 31.1 Å². The standard InChI is InChI=1S/C20H29N3O5S/c1-16-3-2-10-22(15-16)19(24)8-9-21-20(25)17-4-6-18(7-5-17)29(26,27)23-11-13-28-14-12-23/h4-7,16H,2-3,8-15H2,1H3,(H,21,25). The minimum Gasteiger partial charge on any atom is -0.379 e. The summed E-state index contributed by atoms with van der Waals surface area (Å²) < 4.78 is 31.8. The molecule has 1 atom stereocenters. The fourth-order valence-electron chi connectivity index (χ4n) is 3.67. The summed E-state index contributed by atoms with van der Waals surface area (Å²) in [5, 5.41) is 2.74. The Kier molecular flexibility index (Phi) is 7.26. The molecule has 0 spiro atoms. The molecular weight excluding hydrogens is 394 g/mol. The largest absolute Gasteiger partial charge is 0.379 e. The lowest BCUT2D eigenvalue weighted by molar-refractivity contribution is -0.132. The van der Waals surface area contributed by atoms with Crippen LogP contribution in [0, 0.1) is 5.92 Å². The summed E-state index contributed by atoms with van der Waals surface area (Å²) in [6.07, 6.45) is 2.44. The van der Waals surface area contributed by atoms with Crippen molar-refractivity contribution in [1.29, 1.82) is 0 Å². The Morgan fingerprint density at radius 1 is 1.14 bits per heavy atom. The zero-order valence-electron chi connectivity index (χ0n) is 16.8. The van der Waals surface area contributed by atoms with Crippen LogP contribution in [0.4, 0.5) is 0 Å². The molecule has 0 bridgehead atoms. The number of morpholine rings is 1. The number of carbonyl (C=O) groups excluding carboxylic acids is 2. The van der Waals surface area contributed by atoms with Crippen LogP contribution in [0.15, 0.2) is 29.2 Å². The number of carbonyl (C=O) groups is 2. The molecule has 1 aromatic carbocycles. The first-order valence-electron chi connectivity index (χ1n) is 10.1. The first kappa shape index (κ1) is 21.7. The van der Waals surface area contributed by atoms with Crippen LogP contribution in [0.1, 0.15) is 36.5 Å². The van der Waals surface area contributed by atoms with Crippen molar-refractivity contribution in [3.63, 3.8) is 0 Å². The Hall–Kier alpha value is -1.97. The van der Waals surface area contributed by atoms with Gasteiger partial charge in [-0.2, -0.15) is 4.31 Å². The minimum absolute atomic E-state index is 0.0591. The van der Waals surface area contributed by atoms with Gasteiger partial charge in [-0.1, -0.05) is 6.92 Å². The molecule has 9 heteroatoms. The van der Waals surface area contributed by atoms with Crippen LogP contribution < -0.4 is 5.32 Å². The van der Waals surface area contributed by atoms with Crippen LogP contribution in [-0.2, 0) is 19.6 Å². The number of piperidine rings is 1. The van der Waals surface area contributed by atoms with Gasteiger partial charge in [-0.3, -0.25) is 9.59 Å². The van der Waals surface area contributed by atoms with Crippen LogP contribution >= 0.6 is 0 Å². The Labute approximate surface area is 172 Å². The summed E-state index contributed by atoms with van der Waals surface area (Å²) in [6, 6.07) is 5.88. The molecule has 2 aliphatic heterocycles. The first-order chi connectivity index (χ1) is 13.9. The van der Waals surface area contributed by atoms with Gasteiger partial charge < -0.3 is 15.0 Å². The number of rotatable bonds is 6. The number of nitrogens with one attached hydrogen (secondary N) is 1. The average Bonchev–Trinajstić information content (AvgIpc) is 2.74. The second kappa shape index (κ2) is 9.69. The fourth-order valence-corrected chi connectivity index (χ4v) is 5.08. The van der Waals surface area contributed by atoms with Gasteiger partial charge in [0.1, 0.15) is 0 Å². The lowest BCUT2D eigenvalue weighted by atomic mass is 10.00. The topological polar surface area (TPSA) is 96.0 Å². The maximum Gasteiger partial charge on any atom is 0.251 e. The highest BCUT2D eigenvalue weighted by Crippen LogP contribution is 2.18. The number of sulfonamides is 1. The van der Waals surface area contributed by atoms with Gasteiger partial charge in [-0.25, -0.2) is 8.42 Å². The zero-order valence-corrected chi connectivity index (χ0v) is 17.6. The van der Waals surface area contributed by atoms with E-state index < -0.39 is 10.0 Å². The maximum atomic E-state index is 12.6. The van der Waals surface area contributed by atoms with Crippen molar-refractivity contribution < 1.29 is 22.7 Å². The molecule has 0 aliphatic carbocycles. The SMILES string of the molecule is CC1CCCN(C(=O)CCNC(=O)c2ccc(S(=O)(=O)N3CCOCC3)cc2)C1. The number of hydrogen-bond acceptors (Lipinski definition) is 5. The summed E-state index contributed by atoms with van der Waals surface area (Å²) >= 11 is 0. The van der Waals surface area contributed by atoms with Crippen molar-refractivity contribution in [2.75, 3.05) is 45.9 Å². The van der Waals surface area contributed by atoms with Crippen molar-refractivity contribution in [3.05, 3.63) is 29.8 Å². The zero-order chi connectivity index (χ0) is 20.9. The van der Waals surface area contributed by atoms with Crippen LogP contribution in [-0.4, -0.2) is 75.4 Å². The smallest absolute Gasteiger partial charge is 0.251 e. The number of nitrogens with zero attached hydrogens (tertiary/aromatic N) is 2. The van der Waals surface area contributed by atoms with E-state index in [1.807, 2.05) is 4.90 Å². The van der Waals surface area contributed by atoms with E-state index in [0.29, 0.717) is 37.8 Å². The molecular formula is C20H29N3O5S. The van der Waals surface area contributed by atoms with Gasteiger partial charge in [0.25, 0.3) is 5.91 Å². The van der Waals surface area contributed by atoms with Gasteiger partial charge in [-0.05, 0) is 43.0 Å². The summed E-state index contributed by atoms with van der Waals surface area (Å²) in [5.41, 5.74) is 0.366. The first-order valence-corrected chi connectivity index (χ1v) is 11.6. The van der Waals surface area contributed by atoms with Crippen LogP contribution in [0.2, 0.25) is 0 Å². The second-order valence-corrected chi connectivity index (χ2v) is 9.57. The Bertz CT molecular complexity index is 819. The molecule has 0 radical (unpaired) electrons. The summed E-state index contributed by atoms with van der Waals surface area (Å²) in [5.74, 6) is 0.262. The van der Waals surface area contributed by atoms with E-state index in [1.54, 1.807) is 0 Å². The molecule has 1 unspecified atom stereocenters. The average molecular weight is 424 g/mol. The van der Waals surface area contributed by atoms with Crippen molar-refractivity contribution in [2.24, 2.45) is 5.92 Å². The molecule has 29 heavy (non-hydrogen) atoms. The lowest BCUT2D eigenvalue weighted by Crippen LogP contribution is -2.40. The molecule has 0 saturated carbocycles. The van der Waals surface area contributed by atoms with Crippen LogP contribution in [0.5, 0.6) is 0 Å². The maximum absolute atomic E-state index is 12.6. The summed E-state index contributed by atoms with van der Waals surface area (Å²) in [4.78, 5) is 26.6. The summed E-state index contributed by atoms with van der Waals surface area (Å²) in [6.45, 7) is 5.40. The molecule has 3 rings (SSSR count). The lowest BCUT2D eigenvalue weighted by Gasteiger charge is -2.31. The van der Waals surface area contributed by atoms with Crippen molar-refractivity contribution in [3.8, 4) is 0 Å². The number of amides is 2. The Balaban J connectivity index is 1.50. The van der Waals surface area contributed by atoms with Crippen LogP contribution in [0.25, 0.3) is 0 Å². The number of benzene rings is 1. The molecule has 2 heterocycles. The third-order valence-corrected chi connectivity index (χ3v) is 7.27. The quantitative estimate of drug-likeness (QED) is 0.739. The Morgan fingerprint density at radius 2 is 1.83 bits per heavy atom. The molecule has 2 amide bonds. The molecule has 1 aromatic rings. The fraction of sp³-hybridized carbons (Fsp3) is 0.600. The van der Waals surface area contributed by atoms with Crippen molar-refractivity contribution >= 4 is 21.8 Å². The van der Waals surface area contributed by atoms with Gasteiger partial charge in [-0.15, -0.1) is 0 Å². The molecule has 8 nitrogen and oxygen atoms in total. The molecule has 2 fully saturated rings. The van der Waals surface area contributed by atoms with E-state index in [9.17, 15) is 18.0 Å². The molecule has 0 aromatic heterocycles. The van der Waals surface area contributed by atoms with Gasteiger partial charge in [0.2, 0.25) is 15.9 Å². The van der Waals surface area contributed by atoms with E-state index in [0.717, 1.165) is 25.9 Å². The predicted molar refractivity (Wildman–Crippen MR) is 108 cm³/mol. The van der Waals surface area contributed by atoms with Gasteiger partial charge in [0, 0.05) is 44.7 Å². The number of likely N-dealkylation sites (tertiary alicyclic amines) is 1. The number of ether oxygens (including phenoxy) is 1. The molecule has 2 saturated heterocycles. The van der Waals surface area contributed by atoms with Crippen molar-refractivity contribution in [1.82, 2.24) is 14.5 Å². The third kappa shape index (κ3) is 5.55. The van der Waals surface area contributed by atoms with E-state index in [4.69, 9.17) is 4.74 Å². The van der Waals surface area contributed by atoms with E-state index in [-0.39, 0.29) is 29.7 Å². The second-order valence-electron chi connectivity index (χ2n) is 7.63. The van der Waals surface area contributed by atoms with Gasteiger partial charge >= 0.3 is 0 Å². The predicted octanol–water partition coefficient (Wildman–Crippen LogP) is 1.09. The van der Waals surface area contributed by atoms with Gasteiger partial charge in [0.05, 0.1) is 18.1 Å².